The minimum atomic E-state index is 0.506. The SMILES string of the molecule is CC1CCCCC1Nc1ncncc1Cl. The molecule has 1 N–H and O–H groups in total. The van der Waals surface area contributed by atoms with Gasteiger partial charge in [-0.15, -0.1) is 0 Å². The van der Waals surface area contributed by atoms with Gasteiger partial charge in [0.1, 0.15) is 17.2 Å². The van der Waals surface area contributed by atoms with E-state index in [2.05, 4.69) is 22.2 Å². The number of hydrogen-bond acceptors (Lipinski definition) is 3. The second-order valence-electron chi connectivity index (χ2n) is 4.23. The van der Waals surface area contributed by atoms with Gasteiger partial charge in [-0.3, -0.25) is 0 Å². The fourth-order valence-corrected chi connectivity index (χ4v) is 2.28. The maximum absolute atomic E-state index is 6.00. The molecular formula is C11H16ClN3. The lowest BCUT2D eigenvalue weighted by atomic mass is 9.86. The molecule has 2 unspecified atom stereocenters. The first-order valence-electron chi connectivity index (χ1n) is 5.49. The molecule has 1 aromatic heterocycles. The van der Waals surface area contributed by atoms with Crippen LogP contribution in [0.5, 0.6) is 0 Å². The highest BCUT2D eigenvalue weighted by Crippen LogP contribution is 2.28. The summed E-state index contributed by atoms with van der Waals surface area (Å²) in [6.45, 7) is 2.28. The Bertz CT molecular complexity index is 329. The summed E-state index contributed by atoms with van der Waals surface area (Å²) in [5.74, 6) is 1.47. The molecule has 1 saturated carbocycles. The monoisotopic (exact) mass is 225 g/mol. The van der Waals surface area contributed by atoms with Gasteiger partial charge in [-0.2, -0.15) is 0 Å². The summed E-state index contributed by atoms with van der Waals surface area (Å²) in [6.07, 6.45) is 8.30. The van der Waals surface area contributed by atoms with Gasteiger partial charge in [0.25, 0.3) is 0 Å². The highest BCUT2D eigenvalue weighted by atomic mass is 35.5. The van der Waals surface area contributed by atoms with Crippen molar-refractivity contribution in [3.63, 3.8) is 0 Å². The van der Waals surface area contributed by atoms with Crippen LogP contribution in [0, 0.1) is 5.92 Å². The number of nitrogens with one attached hydrogen (secondary N) is 1. The van der Waals surface area contributed by atoms with Crippen molar-refractivity contribution < 1.29 is 0 Å². The third kappa shape index (κ3) is 2.59. The van der Waals surface area contributed by atoms with Gasteiger partial charge in [0, 0.05) is 6.04 Å². The summed E-state index contributed by atoms with van der Waals surface area (Å²) in [5.41, 5.74) is 0. The first-order chi connectivity index (χ1) is 7.27. The van der Waals surface area contributed by atoms with Gasteiger partial charge in [0.2, 0.25) is 0 Å². The Morgan fingerprint density at radius 1 is 1.40 bits per heavy atom. The summed E-state index contributed by atoms with van der Waals surface area (Å²) in [6, 6.07) is 0.506. The molecule has 0 amide bonds. The minimum Gasteiger partial charge on any atom is -0.366 e. The van der Waals surface area contributed by atoms with Gasteiger partial charge in [-0.05, 0) is 18.8 Å². The lowest BCUT2D eigenvalue weighted by Gasteiger charge is -2.30. The summed E-state index contributed by atoms with van der Waals surface area (Å²) < 4.78 is 0. The van der Waals surface area contributed by atoms with E-state index >= 15 is 0 Å². The van der Waals surface area contributed by atoms with Gasteiger partial charge in [-0.25, -0.2) is 9.97 Å². The molecule has 2 rings (SSSR count). The molecule has 1 heterocycles. The molecule has 1 aromatic rings. The van der Waals surface area contributed by atoms with E-state index in [0.29, 0.717) is 17.0 Å². The Kier molecular flexibility index (Phi) is 3.41. The van der Waals surface area contributed by atoms with Crippen molar-refractivity contribution in [2.75, 3.05) is 5.32 Å². The highest BCUT2D eigenvalue weighted by Gasteiger charge is 2.21. The average Bonchev–Trinajstić information content (AvgIpc) is 2.24. The molecule has 15 heavy (non-hydrogen) atoms. The lowest BCUT2D eigenvalue weighted by molar-refractivity contribution is 0.349. The molecular weight excluding hydrogens is 210 g/mol. The van der Waals surface area contributed by atoms with Crippen molar-refractivity contribution in [1.29, 1.82) is 0 Å². The van der Waals surface area contributed by atoms with E-state index in [9.17, 15) is 0 Å². The highest BCUT2D eigenvalue weighted by molar-refractivity contribution is 6.32. The van der Waals surface area contributed by atoms with Gasteiger partial charge in [0.05, 0.1) is 6.20 Å². The molecule has 0 spiro atoms. The largest absolute Gasteiger partial charge is 0.366 e. The molecule has 4 heteroatoms. The third-order valence-electron chi connectivity index (χ3n) is 3.10. The van der Waals surface area contributed by atoms with Crippen LogP contribution in [-0.2, 0) is 0 Å². The van der Waals surface area contributed by atoms with E-state index < -0.39 is 0 Å². The Labute approximate surface area is 95.3 Å². The zero-order valence-corrected chi connectivity index (χ0v) is 9.67. The summed E-state index contributed by atoms with van der Waals surface area (Å²) in [7, 11) is 0. The maximum atomic E-state index is 6.00. The number of halogens is 1. The van der Waals surface area contributed by atoms with Crippen molar-refractivity contribution in [2.45, 2.75) is 38.6 Å². The number of aromatic nitrogens is 2. The molecule has 1 aliphatic rings. The Morgan fingerprint density at radius 2 is 2.20 bits per heavy atom. The molecule has 0 aliphatic heterocycles. The molecule has 2 atom stereocenters. The molecule has 0 radical (unpaired) electrons. The smallest absolute Gasteiger partial charge is 0.148 e. The second-order valence-corrected chi connectivity index (χ2v) is 4.64. The quantitative estimate of drug-likeness (QED) is 0.841. The Morgan fingerprint density at radius 3 is 2.93 bits per heavy atom. The third-order valence-corrected chi connectivity index (χ3v) is 3.38. The van der Waals surface area contributed by atoms with Crippen LogP contribution in [-0.4, -0.2) is 16.0 Å². The zero-order valence-electron chi connectivity index (χ0n) is 8.91. The van der Waals surface area contributed by atoms with Crippen molar-refractivity contribution in [1.82, 2.24) is 9.97 Å². The molecule has 0 saturated heterocycles. The van der Waals surface area contributed by atoms with Crippen LogP contribution in [0.2, 0.25) is 5.02 Å². The predicted molar refractivity (Wildman–Crippen MR) is 62.1 cm³/mol. The van der Waals surface area contributed by atoms with Gasteiger partial charge >= 0.3 is 0 Å². The molecule has 0 aromatic carbocycles. The van der Waals surface area contributed by atoms with E-state index in [1.165, 1.54) is 32.0 Å². The number of nitrogens with zero attached hydrogens (tertiary/aromatic N) is 2. The van der Waals surface area contributed by atoms with Crippen LogP contribution < -0.4 is 5.32 Å². The maximum Gasteiger partial charge on any atom is 0.148 e. The molecule has 3 nitrogen and oxygen atoms in total. The first-order valence-corrected chi connectivity index (χ1v) is 5.87. The van der Waals surface area contributed by atoms with E-state index in [4.69, 9.17) is 11.6 Å². The topological polar surface area (TPSA) is 37.8 Å². The van der Waals surface area contributed by atoms with Crippen LogP contribution in [0.1, 0.15) is 32.6 Å². The van der Waals surface area contributed by atoms with Crippen LogP contribution in [0.25, 0.3) is 0 Å². The van der Waals surface area contributed by atoms with Crippen LogP contribution >= 0.6 is 11.6 Å². The van der Waals surface area contributed by atoms with Crippen LogP contribution in [0.4, 0.5) is 5.82 Å². The lowest BCUT2D eigenvalue weighted by Crippen LogP contribution is -2.30. The fourth-order valence-electron chi connectivity index (χ4n) is 2.13. The number of hydrogen-bond donors (Lipinski definition) is 1. The summed E-state index contributed by atoms with van der Waals surface area (Å²) >= 11 is 6.00. The number of rotatable bonds is 2. The van der Waals surface area contributed by atoms with Crippen molar-refractivity contribution >= 4 is 17.4 Å². The molecule has 0 bridgehead atoms. The molecule has 82 valence electrons. The van der Waals surface area contributed by atoms with E-state index in [1.807, 2.05) is 0 Å². The summed E-state index contributed by atoms with van der Waals surface area (Å²) in [5, 5.41) is 4.02. The van der Waals surface area contributed by atoms with Gasteiger partial charge in [-0.1, -0.05) is 31.4 Å². The summed E-state index contributed by atoms with van der Waals surface area (Å²) in [4.78, 5) is 8.03. The van der Waals surface area contributed by atoms with Gasteiger partial charge in [0.15, 0.2) is 0 Å². The van der Waals surface area contributed by atoms with Gasteiger partial charge < -0.3 is 5.32 Å². The minimum absolute atomic E-state index is 0.506. The second kappa shape index (κ2) is 4.79. The van der Waals surface area contributed by atoms with E-state index in [-0.39, 0.29) is 0 Å². The molecule has 1 fully saturated rings. The van der Waals surface area contributed by atoms with Crippen LogP contribution in [0.15, 0.2) is 12.5 Å². The number of anilines is 1. The van der Waals surface area contributed by atoms with E-state index in [1.54, 1.807) is 6.20 Å². The Balaban J connectivity index is 2.04. The zero-order chi connectivity index (χ0) is 10.7. The van der Waals surface area contributed by atoms with E-state index in [0.717, 1.165) is 5.82 Å². The van der Waals surface area contributed by atoms with Crippen molar-refractivity contribution in [2.24, 2.45) is 5.92 Å². The first kappa shape index (κ1) is 10.7. The molecule has 1 aliphatic carbocycles. The predicted octanol–water partition coefficient (Wildman–Crippen LogP) is 3.12. The van der Waals surface area contributed by atoms with Crippen molar-refractivity contribution in [3.05, 3.63) is 17.5 Å². The van der Waals surface area contributed by atoms with Crippen LogP contribution in [0.3, 0.4) is 0 Å². The standard InChI is InChI=1S/C11H16ClN3/c1-8-4-2-3-5-10(8)15-11-9(12)6-13-7-14-11/h6-8,10H,2-5H2,1H3,(H,13,14,15). The fraction of sp³-hybridized carbons (Fsp3) is 0.636. The van der Waals surface area contributed by atoms with Crippen molar-refractivity contribution in [3.8, 4) is 0 Å². The average molecular weight is 226 g/mol. The normalized spacial score (nSPS) is 26.3. The Hall–Kier alpha value is -0.830.